The molecule has 9 heteroatoms. The summed E-state index contributed by atoms with van der Waals surface area (Å²) in [6.45, 7) is 0. The number of hydrogen-bond donors (Lipinski definition) is 1. The van der Waals surface area contributed by atoms with Crippen molar-refractivity contribution in [2.24, 2.45) is 0 Å². The molecular formula is C14H7F7O2. The van der Waals surface area contributed by atoms with Crippen LogP contribution in [0.5, 0.6) is 11.5 Å². The van der Waals surface area contributed by atoms with E-state index < -0.39 is 41.0 Å². The summed E-state index contributed by atoms with van der Waals surface area (Å²) in [7, 11) is 0. The van der Waals surface area contributed by atoms with E-state index in [1.807, 2.05) is 0 Å². The Kier molecular flexibility index (Phi) is 4.14. The largest absolute Gasteiger partial charge is 0.573 e. The van der Waals surface area contributed by atoms with Crippen molar-refractivity contribution < 1.29 is 40.6 Å². The standard InChI is InChI=1S/C14H7F7O2/c15-12-8(2-1-3-9(12)13(16,17)18)7-4-5-10(22)11(6-7)23-14(19,20)21/h1-6,22H. The molecule has 2 aromatic rings. The van der Waals surface area contributed by atoms with Crippen LogP contribution in [0.2, 0.25) is 0 Å². The molecule has 0 unspecified atom stereocenters. The molecule has 0 spiro atoms. The van der Waals surface area contributed by atoms with E-state index in [9.17, 15) is 35.8 Å². The molecule has 0 saturated heterocycles. The van der Waals surface area contributed by atoms with Gasteiger partial charge in [0.1, 0.15) is 5.82 Å². The zero-order valence-corrected chi connectivity index (χ0v) is 11.0. The maximum Gasteiger partial charge on any atom is 0.573 e. The van der Waals surface area contributed by atoms with Crippen LogP contribution in [0, 0.1) is 5.82 Å². The number of aromatic hydroxyl groups is 1. The zero-order chi connectivity index (χ0) is 17.4. The third-order valence-corrected chi connectivity index (χ3v) is 2.80. The van der Waals surface area contributed by atoms with Gasteiger partial charge in [-0.25, -0.2) is 4.39 Å². The van der Waals surface area contributed by atoms with Crippen LogP contribution in [-0.2, 0) is 6.18 Å². The van der Waals surface area contributed by atoms with Gasteiger partial charge in [-0.1, -0.05) is 18.2 Å². The van der Waals surface area contributed by atoms with E-state index in [1.165, 1.54) is 0 Å². The molecule has 1 N–H and O–H groups in total. The van der Waals surface area contributed by atoms with Crippen LogP contribution in [0.25, 0.3) is 11.1 Å². The molecule has 2 nitrogen and oxygen atoms in total. The second-order valence-electron chi connectivity index (χ2n) is 4.40. The lowest BCUT2D eigenvalue weighted by atomic mass is 10.0. The van der Waals surface area contributed by atoms with Gasteiger partial charge in [-0.15, -0.1) is 13.2 Å². The van der Waals surface area contributed by atoms with E-state index in [1.54, 1.807) is 0 Å². The van der Waals surface area contributed by atoms with Crippen molar-refractivity contribution in [1.29, 1.82) is 0 Å². The number of ether oxygens (including phenoxy) is 1. The lowest BCUT2D eigenvalue weighted by Gasteiger charge is -2.14. The molecule has 2 aromatic carbocycles. The number of phenols is 1. The summed E-state index contributed by atoms with van der Waals surface area (Å²) in [4.78, 5) is 0. The van der Waals surface area contributed by atoms with Gasteiger partial charge in [0.15, 0.2) is 11.5 Å². The summed E-state index contributed by atoms with van der Waals surface area (Å²) in [6, 6.07) is 4.72. The quantitative estimate of drug-likeness (QED) is 0.770. The Bertz CT molecular complexity index is 720. The highest BCUT2D eigenvalue weighted by molar-refractivity contribution is 5.68. The lowest BCUT2D eigenvalue weighted by Crippen LogP contribution is -2.17. The molecule has 23 heavy (non-hydrogen) atoms. The molecule has 0 heterocycles. The average molecular weight is 340 g/mol. The molecule has 0 bridgehead atoms. The number of phenolic OH excluding ortho intramolecular Hbond substituents is 1. The Balaban J connectivity index is 2.54. The van der Waals surface area contributed by atoms with E-state index in [4.69, 9.17) is 0 Å². The van der Waals surface area contributed by atoms with Crippen LogP contribution in [0.3, 0.4) is 0 Å². The second kappa shape index (κ2) is 5.64. The Hall–Kier alpha value is -2.45. The first kappa shape index (κ1) is 16.9. The van der Waals surface area contributed by atoms with Gasteiger partial charge >= 0.3 is 12.5 Å². The summed E-state index contributed by atoms with van der Waals surface area (Å²) in [6.07, 6.45) is -10.1. The first-order valence-corrected chi connectivity index (χ1v) is 5.94. The fourth-order valence-electron chi connectivity index (χ4n) is 1.86. The number of benzene rings is 2. The SMILES string of the molecule is Oc1ccc(-c2cccc(C(F)(F)F)c2F)cc1OC(F)(F)F. The van der Waals surface area contributed by atoms with Crippen molar-refractivity contribution in [2.75, 3.05) is 0 Å². The number of halogens is 7. The Morgan fingerprint density at radius 1 is 0.913 bits per heavy atom. The zero-order valence-electron chi connectivity index (χ0n) is 11.0. The van der Waals surface area contributed by atoms with Gasteiger partial charge in [0.25, 0.3) is 0 Å². The molecular weight excluding hydrogens is 333 g/mol. The van der Waals surface area contributed by atoms with E-state index in [-0.39, 0.29) is 5.56 Å². The van der Waals surface area contributed by atoms with Crippen LogP contribution < -0.4 is 4.74 Å². The fourth-order valence-corrected chi connectivity index (χ4v) is 1.86. The normalized spacial score (nSPS) is 12.3. The van der Waals surface area contributed by atoms with E-state index in [2.05, 4.69) is 4.74 Å². The minimum absolute atomic E-state index is 0.314. The summed E-state index contributed by atoms with van der Waals surface area (Å²) >= 11 is 0. The topological polar surface area (TPSA) is 29.5 Å². The van der Waals surface area contributed by atoms with Gasteiger partial charge in [-0.05, 0) is 23.8 Å². The van der Waals surface area contributed by atoms with Crippen LogP contribution >= 0.6 is 0 Å². The minimum atomic E-state index is -5.12. The van der Waals surface area contributed by atoms with Crippen LogP contribution in [-0.4, -0.2) is 11.5 Å². The Morgan fingerprint density at radius 2 is 1.57 bits per heavy atom. The number of rotatable bonds is 2. The molecule has 0 aliphatic heterocycles. The van der Waals surface area contributed by atoms with Crippen LogP contribution in [0.15, 0.2) is 36.4 Å². The lowest BCUT2D eigenvalue weighted by molar-refractivity contribution is -0.275. The van der Waals surface area contributed by atoms with E-state index in [0.29, 0.717) is 12.1 Å². The fraction of sp³-hybridized carbons (Fsp3) is 0.143. The van der Waals surface area contributed by atoms with Crippen molar-refractivity contribution in [3.8, 4) is 22.6 Å². The van der Waals surface area contributed by atoms with Gasteiger partial charge < -0.3 is 9.84 Å². The highest BCUT2D eigenvalue weighted by Crippen LogP contribution is 2.39. The van der Waals surface area contributed by atoms with Crippen molar-refractivity contribution in [1.82, 2.24) is 0 Å². The minimum Gasteiger partial charge on any atom is -0.504 e. The van der Waals surface area contributed by atoms with E-state index >= 15 is 0 Å². The molecule has 0 radical (unpaired) electrons. The molecule has 2 rings (SSSR count). The molecule has 0 saturated carbocycles. The van der Waals surface area contributed by atoms with Crippen LogP contribution in [0.4, 0.5) is 30.7 Å². The predicted octanol–water partition coefficient (Wildman–Crippen LogP) is 5.12. The molecule has 0 aliphatic rings. The van der Waals surface area contributed by atoms with Crippen molar-refractivity contribution >= 4 is 0 Å². The first-order valence-electron chi connectivity index (χ1n) is 5.94. The van der Waals surface area contributed by atoms with Gasteiger partial charge in [-0.2, -0.15) is 13.2 Å². The molecule has 0 fully saturated rings. The molecule has 0 aliphatic carbocycles. The maximum atomic E-state index is 14.0. The molecule has 0 aromatic heterocycles. The third-order valence-electron chi connectivity index (χ3n) is 2.80. The Labute approximate surface area is 124 Å². The maximum absolute atomic E-state index is 14.0. The number of hydrogen-bond acceptors (Lipinski definition) is 2. The third kappa shape index (κ3) is 3.85. The summed E-state index contributed by atoms with van der Waals surface area (Å²) in [5.74, 6) is -3.58. The van der Waals surface area contributed by atoms with Gasteiger partial charge in [0.2, 0.25) is 0 Å². The van der Waals surface area contributed by atoms with Crippen LogP contribution in [0.1, 0.15) is 5.56 Å². The predicted molar refractivity (Wildman–Crippen MR) is 65.2 cm³/mol. The first-order chi connectivity index (χ1) is 10.5. The summed E-state index contributed by atoms with van der Waals surface area (Å²) in [5.41, 5.74) is -2.45. The summed E-state index contributed by atoms with van der Waals surface area (Å²) in [5, 5.41) is 9.30. The molecule has 124 valence electrons. The average Bonchev–Trinajstić information content (AvgIpc) is 2.39. The monoisotopic (exact) mass is 340 g/mol. The summed E-state index contributed by atoms with van der Waals surface area (Å²) < 4.78 is 92.1. The highest BCUT2D eigenvalue weighted by atomic mass is 19.4. The number of alkyl halides is 6. The van der Waals surface area contributed by atoms with E-state index in [0.717, 1.165) is 24.3 Å². The highest BCUT2D eigenvalue weighted by Gasteiger charge is 2.35. The Morgan fingerprint density at radius 3 is 2.13 bits per heavy atom. The van der Waals surface area contributed by atoms with Crippen molar-refractivity contribution in [3.05, 3.63) is 47.8 Å². The molecule has 0 amide bonds. The second-order valence-corrected chi connectivity index (χ2v) is 4.40. The van der Waals surface area contributed by atoms with Gasteiger partial charge in [0.05, 0.1) is 5.56 Å². The van der Waals surface area contributed by atoms with Gasteiger partial charge in [-0.3, -0.25) is 0 Å². The van der Waals surface area contributed by atoms with Crippen molar-refractivity contribution in [3.63, 3.8) is 0 Å². The van der Waals surface area contributed by atoms with Crippen molar-refractivity contribution in [2.45, 2.75) is 12.5 Å². The molecule has 0 atom stereocenters. The smallest absolute Gasteiger partial charge is 0.504 e. The van der Waals surface area contributed by atoms with Gasteiger partial charge in [0, 0.05) is 5.56 Å².